The van der Waals surface area contributed by atoms with Crippen molar-refractivity contribution < 1.29 is 4.79 Å². The summed E-state index contributed by atoms with van der Waals surface area (Å²) in [6, 6.07) is 5.56. The van der Waals surface area contributed by atoms with Crippen LogP contribution in [-0.4, -0.2) is 66.9 Å². The number of likely N-dealkylation sites (N-methyl/N-ethyl adjacent to an activating group) is 1. The Morgan fingerprint density at radius 3 is 2.63 bits per heavy atom. The van der Waals surface area contributed by atoms with Crippen LogP contribution in [-0.2, 0) is 10.3 Å². The third kappa shape index (κ3) is 4.06. The first kappa shape index (κ1) is 21.5. The molecule has 1 unspecified atom stereocenters. The summed E-state index contributed by atoms with van der Waals surface area (Å²) in [5.74, 6) is 0.0504. The Kier molecular flexibility index (Phi) is 6.30. The molecule has 162 valence electrons. The molecule has 1 aromatic rings. The maximum Gasteiger partial charge on any atom is 0.241 e. The van der Waals surface area contributed by atoms with E-state index < -0.39 is 5.54 Å². The highest BCUT2D eigenvalue weighted by Crippen LogP contribution is 2.43. The van der Waals surface area contributed by atoms with Crippen LogP contribution in [0.1, 0.15) is 24.8 Å². The zero-order valence-corrected chi connectivity index (χ0v) is 18.8. The summed E-state index contributed by atoms with van der Waals surface area (Å²) in [6.45, 7) is 4.85. The first-order chi connectivity index (χ1) is 14.4. The number of hydrogen-bond donors (Lipinski definition) is 2. The molecule has 0 saturated carbocycles. The van der Waals surface area contributed by atoms with Gasteiger partial charge in [-0.15, -0.1) is 0 Å². The second kappa shape index (κ2) is 8.79. The number of carbonyl (C=O) groups excluding carboxylic acids is 1. The number of amides is 1. The molecule has 0 aliphatic carbocycles. The van der Waals surface area contributed by atoms with E-state index in [0.717, 1.165) is 43.9 Å². The lowest BCUT2D eigenvalue weighted by molar-refractivity contribution is -0.134. The fourth-order valence-electron chi connectivity index (χ4n) is 4.78. The predicted molar refractivity (Wildman–Crippen MR) is 121 cm³/mol. The maximum atomic E-state index is 13.0. The van der Waals surface area contributed by atoms with Crippen LogP contribution >= 0.6 is 23.2 Å². The van der Waals surface area contributed by atoms with E-state index in [1.54, 1.807) is 6.07 Å². The number of carbonyl (C=O) groups is 1. The minimum atomic E-state index is -0.700. The molecule has 1 amide bonds. The van der Waals surface area contributed by atoms with Crippen molar-refractivity contribution in [1.82, 2.24) is 20.0 Å². The molecule has 3 N–H and O–H groups in total. The number of allylic oxidation sites excluding steroid dienone is 1. The van der Waals surface area contributed by atoms with Crippen LogP contribution in [0.5, 0.6) is 0 Å². The minimum absolute atomic E-state index is 0.0504. The van der Waals surface area contributed by atoms with Crippen LogP contribution in [0.2, 0.25) is 10.0 Å². The summed E-state index contributed by atoms with van der Waals surface area (Å²) in [6.07, 6.45) is 6.90. The van der Waals surface area contributed by atoms with E-state index in [1.165, 1.54) is 12.8 Å². The van der Waals surface area contributed by atoms with E-state index in [-0.39, 0.29) is 5.91 Å². The van der Waals surface area contributed by atoms with Gasteiger partial charge in [0.25, 0.3) is 0 Å². The van der Waals surface area contributed by atoms with Gasteiger partial charge in [-0.2, -0.15) is 0 Å². The van der Waals surface area contributed by atoms with Crippen LogP contribution in [0.25, 0.3) is 0 Å². The molecule has 0 aromatic heterocycles. The molecule has 0 bridgehead atoms. The lowest BCUT2D eigenvalue weighted by atomic mass is 9.79. The van der Waals surface area contributed by atoms with Crippen LogP contribution in [0, 0.1) is 0 Å². The van der Waals surface area contributed by atoms with E-state index in [1.807, 2.05) is 41.3 Å². The Balaban J connectivity index is 1.79. The number of dihydropyridines is 1. The van der Waals surface area contributed by atoms with Crippen molar-refractivity contribution >= 4 is 29.1 Å². The van der Waals surface area contributed by atoms with Crippen molar-refractivity contribution in [2.75, 3.05) is 46.3 Å². The van der Waals surface area contributed by atoms with E-state index in [9.17, 15) is 4.79 Å². The Hall–Kier alpha value is -1.73. The van der Waals surface area contributed by atoms with Crippen molar-refractivity contribution in [3.05, 3.63) is 57.5 Å². The SMILES string of the molecule is CN1CCN(C2=C(N)C=CNC2(CCN2CCCC2)c2ccc(Cl)cc2Cl)C(=O)C1. The van der Waals surface area contributed by atoms with Gasteiger partial charge >= 0.3 is 0 Å². The number of benzene rings is 1. The van der Waals surface area contributed by atoms with Gasteiger partial charge in [-0.05, 0) is 63.8 Å². The van der Waals surface area contributed by atoms with Crippen LogP contribution < -0.4 is 11.1 Å². The first-order valence-corrected chi connectivity index (χ1v) is 11.3. The highest BCUT2D eigenvalue weighted by Gasteiger charge is 2.45. The summed E-state index contributed by atoms with van der Waals surface area (Å²) in [7, 11) is 1.96. The van der Waals surface area contributed by atoms with Gasteiger partial charge in [0.1, 0.15) is 5.54 Å². The van der Waals surface area contributed by atoms with Gasteiger partial charge < -0.3 is 20.9 Å². The molecule has 1 atom stereocenters. The van der Waals surface area contributed by atoms with Crippen molar-refractivity contribution in [2.24, 2.45) is 5.73 Å². The minimum Gasteiger partial charge on any atom is -0.397 e. The Morgan fingerprint density at radius 2 is 1.93 bits per heavy atom. The molecule has 3 aliphatic heterocycles. The fraction of sp³-hybridized carbons (Fsp3) is 0.500. The molecule has 30 heavy (non-hydrogen) atoms. The quantitative estimate of drug-likeness (QED) is 0.723. The summed E-state index contributed by atoms with van der Waals surface area (Å²) in [4.78, 5) is 19.4. The molecular formula is C22H29Cl2N5O. The molecule has 0 radical (unpaired) electrons. The largest absolute Gasteiger partial charge is 0.397 e. The van der Waals surface area contributed by atoms with E-state index in [0.29, 0.717) is 28.8 Å². The average molecular weight is 450 g/mol. The number of likely N-dealkylation sites (tertiary alicyclic amines) is 1. The maximum absolute atomic E-state index is 13.0. The molecule has 4 rings (SSSR count). The number of nitrogens with one attached hydrogen (secondary N) is 1. The van der Waals surface area contributed by atoms with Gasteiger partial charge in [0.2, 0.25) is 5.91 Å². The monoisotopic (exact) mass is 449 g/mol. The van der Waals surface area contributed by atoms with Gasteiger partial charge in [0.05, 0.1) is 17.9 Å². The summed E-state index contributed by atoms with van der Waals surface area (Å²) < 4.78 is 0. The smallest absolute Gasteiger partial charge is 0.241 e. The van der Waals surface area contributed by atoms with Gasteiger partial charge in [-0.1, -0.05) is 29.3 Å². The molecule has 6 nitrogen and oxygen atoms in total. The molecule has 2 saturated heterocycles. The molecule has 0 spiro atoms. The summed E-state index contributed by atoms with van der Waals surface area (Å²) in [5, 5.41) is 4.71. The number of rotatable bonds is 5. The third-order valence-corrected chi connectivity index (χ3v) is 6.89. The van der Waals surface area contributed by atoms with Crippen molar-refractivity contribution in [3.8, 4) is 0 Å². The standard InChI is InChI=1S/C22H29Cl2N5O/c1-27-12-13-29(20(30)15-27)21-19(25)6-8-26-22(21,7-11-28-9-2-3-10-28)17-5-4-16(23)14-18(17)24/h4-6,8,14,26H,2-3,7,9-13,15,25H2,1H3. The third-order valence-electron chi connectivity index (χ3n) is 6.34. The lowest BCUT2D eigenvalue weighted by Crippen LogP contribution is -2.57. The number of nitrogens with two attached hydrogens (primary N) is 1. The molecule has 2 fully saturated rings. The second-order valence-corrected chi connectivity index (χ2v) is 9.24. The molecule has 3 aliphatic rings. The lowest BCUT2D eigenvalue weighted by Gasteiger charge is -2.47. The van der Waals surface area contributed by atoms with E-state index >= 15 is 0 Å². The van der Waals surface area contributed by atoms with Crippen molar-refractivity contribution in [1.29, 1.82) is 0 Å². The number of hydrogen-bond acceptors (Lipinski definition) is 5. The van der Waals surface area contributed by atoms with Crippen molar-refractivity contribution in [3.63, 3.8) is 0 Å². The molecule has 3 heterocycles. The Labute approximate surface area is 188 Å². The number of halogens is 2. The molecule has 8 heteroatoms. The fourth-order valence-corrected chi connectivity index (χ4v) is 5.35. The average Bonchev–Trinajstić information content (AvgIpc) is 3.21. The predicted octanol–water partition coefficient (Wildman–Crippen LogP) is 2.74. The van der Waals surface area contributed by atoms with Crippen LogP contribution in [0.4, 0.5) is 0 Å². The van der Waals surface area contributed by atoms with Gasteiger partial charge in [0, 0.05) is 35.2 Å². The molecule has 1 aromatic carbocycles. The summed E-state index contributed by atoms with van der Waals surface area (Å²) >= 11 is 12.9. The summed E-state index contributed by atoms with van der Waals surface area (Å²) in [5.41, 5.74) is 8.13. The normalized spacial score (nSPS) is 25.8. The molecular weight excluding hydrogens is 421 g/mol. The highest BCUT2D eigenvalue weighted by atomic mass is 35.5. The van der Waals surface area contributed by atoms with Gasteiger partial charge in [-0.25, -0.2) is 0 Å². The zero-order valence-electron chi connectivity index (χ0n) is 17.3. The topological polar surface area (TPSA) is 64.8 Å². The van der Waals surface area contributed by atoms with Crippen LogP contribution in [0.15, 0.2) is 41.9 Å². The van der Waals surface area contributed by atoms with Gasteiger partial charge in [0.15, 0.2) is 0 Å². The van der Waals surface area contributed by atoms with E-state index in [4.69, 9.17) is 28.9 Å². The second-order valence-electron chi connectivity index (χ2n) is 8.39. The Morgan fingerprint density at radius 1 is 1.17 bits per heavy atom. The van der Waals surface area contributed by atoms with Gasteiger partial charge in [-0.3, -0.25) is 9.69 Å². The van der Waals surface area contributed by atoms with E-state index in [2.05, 4.69) is 10.2 Å². The highest BCUT2D eigenvalue weighted by molar-refractivity contribution is 6.35. The Bertz CT molecular complexity index is 880. The first-order valence-electron chi connectivity index (χ1n) is 10.5. The zero-order chi connectivity index (χ0) is 21.3. The van der Waals surface area contributed by atoms with Crippen molar-refractivity contribution in [2.45, 2.75) is 24.8 Å². The number of piperazine rings is 1. The van der Waals surface area contributed by atoms with Crippen LogP contribution in [0.3, 0.4) is 0 Å². The number of nitrogens with zero attached hydrogens (tertiary/aromatic N) is 3.